The van der Waals surface area contributed by atoms with Crippen molar-refractivity contribution >= 4 is 22.7 Å². The molecule has 0 spiro atoms. The van der Waals surface area contributed by atoms with Crippen molar-refractivity contribution in [2.45, 2.75) is 12.1 Å². The molecule has 20 heavy (non-hydrogen) atoms. The maximum absolute atomic E-state index is 12.7. The topological polar surface area (TPSA) is 47.8 Å². The van der Waals surface area contributed by atoms with Crippen molar-refractivity contribution in [3.8, 4) is 5.82 Å². The highest BCUT2D eigenvalue weighted by Crippen LogP contribution is 2.18. The molecule has 0 aliphatic rings. The molecule has 0 aliphatic carbocycles. The summed E-state index contributed by atoms with van der Waals surface area (Å²) in [5, 5.41) is 1.25. The first-order valence-corrected chi connectivity index (χ1v) is 7.42. The molecule has 100 valence electrons. The number of thioether (sulfide) groups is 1. The highest BCUT2D eigenvalue weighted by molar-refractivity contribution is 7.98. The maximum Gasteiger partial charge on any atom is 0.267 e. The van der Waals surface area contributed by atoms with Gasteiger partial charge in [-0.05, 0) is 36.9 Å². The number of rotatable bonds is 2. The molecule has 2 heterocycles. The van der Waals surface area contributed by atoms with Gasteiger partial charge in [0.25, 0.3) is 5.56 Å². The smallest absolute Gasteiger partial charge is 0.267 e. The molecule has 0 unspecified atom stereocenters. The molecule has 0 aliphatic heterocycles. The average molecular weight is 283 g/mol. The van der Waals surface area contributed by atoms with Gasteiger partial charge in [-0.25, -0.2) is 14.5 Å². The van der Waals surface area contributed by atoms with Gasteiger partial charge in [-0.15, -0.1) is 0 Å². The van der Waals surface area contributed by atoms with E-state index in [9.17, 15) is 4.79 Å². The quantitative estimate of drug-likeness (QED) is 0.536. The van der Waals surface area contributed by atoms with Crippen LogP contribution in [0.5, 0.6) is 0 Å². The minimum Gasteiger partial charge on any atom is -0.268 e. The first kappa shape index (κ1) is 12.9. The van der Waals surface area contributed by atoms with Gasteiger partial charge in [0.1, 0.15) is 5.82 Å². The van der Waals surface area contributed by atoms with Crippen LogP contribution in [-0.4, -0.2) is 20.8 Å². The van der Waals surface area contributed by atoms with Gasteiger partial charge in [0.05, 0.1) is 10.9 Å². The van der Waals surface area contributed by atoms with Crippen molar-refractivity contribution in [2.24, 2.45) is 0 Å². The summed E-state index contributed by atoms with van der Waals surface area (Å²) in [6, 6.07) is 11.1. The zero-order chi connectivity index (χ0) is 14.1. The van der Waals surface area contributed by atoms with Gasteiger partial charge >= 0.3 is 0 Å². The van der Waals surface area contributed by atoms with Crippen molar-refractivity contribution in [2.75, 3.05) is 6.26 Å². The van der Waals surface area contributed by atoms with Crippen molar-refractivity contribution < 1.29 is 0 Å². The molecule has 0 radical (unpaired) electrons. The molecule has 5 heteroatoms. The second kappa shape index (κ2) is 5.09. The summed E-state index contributed by atoms with van der Waals surface area (Å²) < 4.78 is 1.56. The Morgan fingerprint density at radius 2 is 1.95 bits per heavy atom. The molecule has 0 saturated carbocycles. The second-order valence-corrected chi connectivity index (χ2v) is 5.22. The first-order valence-electron chi connectivity index (χ1n) is 6.19. The fourth-order valence-electron chi connectivity index (χ4n) is 2.04. The minimum atomic E-state index is -0.0868. The summed E-state index contributed by atoms with van der Waals surface area (Å²) in [5.74, 6) is 0.600. The third-order valence-electron chi connectivity index (χ3n) is 3.05. The van der Waals surface area contributed by atoms with E-state index in [2.05, 4.69) is 9.97 Å². The Balaban J connectivity index is 2.36. The lowest BCUT2D eigenvalue weighted by Gasteiger charge is -2.10. The Morgan fingerprint density at radius 1 is 1.15 bits per heavy atom. The number of aryl methyl sites for hydroxylation is 1. The normalized spacial score (nSPS) is 10.9. The lowest BCUT2D eigenvalue weighted by atomic mass is 10.2. The Hall–Kier alpha value is -2.14. The summed E-state index contributed by atoms with van der Waals surface area (Å²) in [5.41, 5.74) is 1.68. The van der Waals surface area contributed by atoms with E-state index in [1.807, 2.05) is 43.5 Å². The van der Waals surface area contributed by atoms with Crippen LogP contribution in [0.25, 0.3) is 16.7 Å². The molecule has 2 aromatic heterocycles. The SMILES string of the molecule is CSc1nc2ccccc2c(=O)n1-c1ccc(C)cn1. The molecule has 3 rings (SSSR count). The van der Waals surface area contributed by atoms with Crippen LogP contribution in [0.1, 0.15) is 5.56 Å². The molecule has 3 aromatic rings. The largest absolute Gasteiger partial charge is 0.268 e. The number of nitrogens with zero attached hydrogens (tertiary/aromatic N) is 3. The van der Waals surface area contributed by atoms with E-state index in [0.717, 1.165) is 5.56 Å². The lowest BCUT2D eigenvalue weighted by molar-refractivity contribution is 0.796. The number of benzene rings is 1. The summed E-state index contributed by atoms with van der Waals surface area (Å²) >= 11 is 1.44. The van der Waals surface area contributed by atoms with Crippen LogP contribution in [0.2, 0.25) is 0 Å². The molecule has 0 bridgehead atoms. The van der Waals surface area contributed by atoms with Crippen molar-refractivity contribution in [1.29, 1.82) is 0 Å². The Labute approximate surface area is 120 Å². The molecule has 0 amide bonds. The second-order valence-electron chi connectivity index (χ2n) is 4.45. The molecule has 0 atom stereocenters. The number of aromatic nitrogens is 3. The van der Waals surface area contributed by atoms with E-state index >= 15 is 0 Å². The molecule has 0 saturated heterocycles. The summed E-state index contributed by atoms with van der Waals surface area (Å²) in [6.07, 6.45) is 3.66. The third-order valence-corrected chi connectivity index (χ3v) is 3.69. The number of fused-ring (bicyclic) bond motifs is 1. The Kier molecular flexibility index (Phi) is 3.28. The standard InChI is InChI=1S/C15H13N3OS/c1-10-7-8-13(16-9-10)18-14(19)11-5-3-4-6-12(11)17-15(18)20-2/h3-9H,1-2H3. The maximum atomic E-state index is 12.7. The molecule has 1 aromatic carbocycles. The van der Waals surface area contributed by atoms with E-state index < -0.39 is 0 Å². The zero-order valence-electron chi connectivity index (χ0n) is 11.2. The fourth-order valence-corrected chi connectivity index (χ4v) is 2.59. The van der Waals surface area contributed by atoms with Gasteiger partial charge in [0.2, 0.25) is 0 Å². The Bertz CT molecular complexity index is 825. The number of hydrogen-bond acceptors (Lipinski definition) is 4. The highest BCUT2D eigenvalue weighted by atomic mass is 32.2. The predicted octanol–water partition coefficient (Wildman–Crippen LogP) is 2.81. The van der Waals surface area contributed by atoms with Gasteiger partial charge in [-0.2, -0.15) is 0 Å². The average Bonchev–Trinajstić information content (AvgIpc) is 2.48. The summed E-state index contributed by atoms with van der Waals surface area (Å²) in [7, 11) is 0. The van der Waals surface area contributed by atoms with E-state index in [4.69, 9.17) is 0 Å². The summed E-state index contributed by atoms with van der Waals surface area (Å²) in [4.78, 5) is 21.5. The minimum absolute atomic E-state index is 0.0868. The number of para-hydroxylation sites is 1. The Morgan fingerprint density at radius 3 is 2.65 bits per heavy atom. The van der Waals surface area contributed by atoms with Crippen molar-refractivity contribution in [3.63, 3.8) is 0 Å². The number of pyridine rings is 1. The monoisotopic (exact) mass is 283 g/mol. The van der Waals surface area contributed by atoms with Crippen molar-refractivity contribution in [1.82, 2.24) is 14.5 Å². The van der Waals surface area contributed by atoms with E-state index in [-0.39, 0.29) is 5.56 Å². The fraction of sp³-hybridized carbons (Fsp3) is 0.133. The first-order chi connectivity index (χ1) is 9.70. The predicted molar refractivity (Wildman–Crippen MR) is 81.7 cm³/mol. The highest BCUT2D eigenvalue weighted by Gasteiger charge is 2.12. The lowest BCUT2D eigenvalue weighted by Crippen LogP contribution is -2.22. The van der Waals surface area contributed by atoms with Gasteiger partial charge in [-0.1, -0.05) is 30.0 Å². The van der Waals surface area contributed by atoms with Gasteiger partial charge in [0.15, 0.2) is 5.16 Å². The molecular weight excluding hydrogens is 270 g/mol. The third kappa shape index (κ3) is 2.10. The zero-order valence-corrected chi connectivity index (χ0v) is 12.0. The van der Waals surface area contributed by atoms with Crippen molar-refractivity contribution in [3.05, 3.63) is 58.5 Å². The molecule has 0 N–H and O–H groups in total. The van der Waals surface area contributed by atoms with Gasteiger partial charge in [-0.3, -0.25) is 4.79 Å². The summed E-state index contributed by atoms with van der Waals surface area (Å²) in [6.45, 7) is 1.97. The van der Waals surface area contributed by atoms with E-state index in [1.165, 1.54) is 11.8 Å². The van der Waals surface area contributed by atoms with Crippen LogP contribution in [-0.2, 0) is 0 Å². The van der Waals surface area contributed by atoms with Crippen LogP contribution in [0.4, 0.5) is 0 Å². The van der Waals surface area contributed by atoms with Gasteiger partial charge < -0.3 is 0 Å². The van der Waals surface area contributed by atoms with Crippen LogP contribution in [0.15, 0.2) is 52.5 Å². The molecular formula is C15H13N3OS. The van der Waals surface area contributed by atoms with Crippen LogP contribution >= 0.6 is 11.8 Å². The van der Waals surface area contributed by atoms with Crippen LogP contribution < -0.4 is 5.56 Å². The number of hydrogen-bond donors (Lipinski definition) is 0. The van der Waals surface area contributed by atoms with E-state index in [0.29, 0.717) is 21.9 Å². The van der Waals surface area contributed by atoms with Crippen LogP contribution in [0.3, 0.4) is 0 Å². The van der Waals surface area contributed by atoms with E-state index in [1.54, 1.807) is 16.8 Å². The molecule has 4 nitrogen and oxygen atoms in total. The molecule has 0 fully saturated rings. The van der Waals surface area contributed by atoms with Gasteiger partial charge in [0, 0.05) is 6.20 Å². The van der Waals surface area contributed by atoms with Crippen LogP contribution in [0, 0.1) is 6.92 Å².